The Morgan fingerprint density at radius 1 is 1.04 bits per heavy atom. The van der Waals surface area contributed by atoms with E-state index in [4.69, 9.17) is 4.98 Å². The molecule has 1 unspecified atom stereocenters. The van der Waals surface area contributed by atoms with Gasteiger partial charge in [-0.3, -0.25) is 0 Å². The molecule has 1 atom stereocenters. The van der Waals surface area contributed by atoms with Crippen molar-refractivity contribution in [2.24, 2.45) is 0 Å². The van der Waals surface area contributed by atoms with Crippen LogP contribution in [0.25, 0.3) is 11.3 Å². The van der Waals surface area contributed by atoms with Gasteiger partial charge >= 0.3 is 0 Å². The average Bonchev–Trinajstić information content (AvgIpc) is 3.12. The number of rotatable bonds is 3. The fourth-order valence-corrected chi connectivity index (χ4v) is 2.96. The SMILES string of the molecule is Cc1cccn2cc(C(C)Cc3cn4cccc(F)c4n3)nc12. The molecule has 4 aromatic rings. The molecule has 4 aromatic heterocycles. The first-order chi connectivity index (χ1) is 11.1. The van der Waals surface area contributed by atoms with Crippen molar-refractivity contribution in [2.45, 2.75) is 26.2 Å². The summed E-state index contributed by atoms with van der Waals surface area (Å²) in [5.74, 6) is -0.0861. The summed E-state index contributed by atoms with van der Waals surface area (Å²) in [5, 5.41) is 0. The molecule has 0 spiro atoms. The number of pyridine rings is 2. The average molecular weight is 308 g/mol. The van der Waals surface area contributed by atoms with Gasteiger partial charge in [0.1, 0.15) is 5.65 Å². The van der Waals surface area contributed by atoms with Crippen LogP contribution in [0.15, 0.2) is 49.1 Å². The van der Waals surface area contributed by atoms with Crippen molar-refractivity contribution in [3.05, 3.63) is 71.8 Å². The van der Waals surface area contributed by atoms with Crippen LogP contribution in [0.3, 0.4) is 0 Å². The Kier molecular flexibility index (Phi) is 3.15. The minimum absolute atomic E-state index is 0.210. The summed E-state index contributed by atoms with van der Waals surface area (Å²) in [6.45, 7) is 4.18. The lowest BCUT2D eigenvalue weighted by atomic mass is 10.0. The Balaban J connectivity index is 1.66. The van der Waals surface area contributed by atoms with Crippen LogP contribution in [0.4, 0.5) is 4.39 Å². The number of halogens is 1. The van der Waals surface area contributed by atoms with Gasteiger partial charge in [-0.15, -0.1) is 0 Å². The van der Waals surface area contributed by atoms with Gasteiger partial charge in [-0.05, 0) is 37.1 Å². The summed E-state index contributed by atoms with van der Waals surface area (Å²) >= 11 is 0. The highest BCUT2D eigenvalue weighted by Gasteiger charge is 2.14. The second kappa shape index (κ2) is 5.19. The lowest BCUT2D eigenvalue weighted by molar-refractivity contribution is 0.629. The summed E-state index contributed by atoms with van der Waals surface area (Å²) in [6, 6.07) is 7.19. The number of imidazole rings is 2. The van der Waals surface area contributed by atoms with Gasteiger partial charge in [0.25, 0.3) is 0 Å². The summed E-state index contributed by atoms with van der Waals surface area (Å²) < 4.78 is 17.5. The first-order valence-electron chi connectivity index (χ1n) is 7.68. The van der Waals surface area contributed by atoms with Gasteiger partial charge in [-0.1, -0.05) is 13.0 Å². The van der Waals surface area contributed by atoms with Crippen molar-refractivity contribution in [2.75, 3.05) is 0 Å². The lowest BCUT2D eigenvalue weighted by Gasteiger charge is -2.05. The predicted octanol–water partition coefficient (Wildman–Crippen LogP) is 3.78. The summed E-state index contributed by atoms with van der Waals surface area (Å²) in [4.78, 5) is 9.14. The third-order valence-corrected chi connectivity index (χ3v) is 4.20. The van der Waals surface area contributed by atoms with Gasteiger partial charge in [-0.2, -0.15) is 0 Å². The van der Waals surface area contributed by atoms with Crippen molar-refractivity contribution >= 4 is 11.3 Å². The molecule has 4 heterocycles. The van der Waals surface area contributed by atoms with Gasteiger partial charge in [0.2, 0.25) is 0 Å². The number of fused-ring (bicyclic) bond motifs is 2. The Morgan fingerprint density at radius 2 is 1.78 bits per heavy atom. The van der Waals surface area contributed by atoms with Gasteiger partial charge < -0.3 is 8.80 Å². The largest absolute Gasteiger partial charge is 0.307 e. The first-order valence-corrected chi connectivity index (χ1v) is 7.68. The third-order valence-electron chi connectivity index (χ3n) is 4.20. The Hall–Kier alpha value is -2.69. The Labute approximate surface area is 133 Å². The van der Waals surface area contributed by atoms with Crippen molar-refractivity contribution in [3.63, 3.8) is 0 Å². The topological polar surface area (TPSA) is 34.6 Å². The molecule has 4 nitrogen and oxygen atoms in total. The van der Waals surface area contributed by atoms with E-state index >= 15 is 0 Å². The van der Waals surface area contributed by atoms with Crippen LogP contribution >= 0.6 is 0 Å². The molecule has 4 rings (SSSR count). The monoisotopic (exact) mass is 308 g/mol. The summed E-state index contributed by atoms with van der Waals surface area (Å²) in [7, 11) is 0. The van der Waals surface area contributed by atoms with Crippen LogP contribution in [0.1, 0.15) is 29.8 Å². The Bertz CT molecular complexity index is 999. The molecule has 0 saturated carbocycles. The van der Waals surface area contributed by atoms with Crippen LogP contribution < -0.4 is 0 Å². The molecule has 0 aliphatic heterocycles. The molecule has 5 heteroatoms. The maximum absolute atomic E-state index is 13.7. The van der Waals surface area contributed by atoms with E-state index in [-0.39, 0.29) is 11.7 Å². The second-order valence-corrected chi connectivity index (χ2v) is 6.01. The van der Waals surface area contributed by atoms with E-state index in [0.717, 1.165) is 29.0 Å². The van der Waals surface area contributed by atoms with Crippen LogP contribution in [-0.4, -0.2) is 18.8 Å². The normalized spacial score (nSPS) is 13.0. The minimum atomic E-state index is -0.297. The van der Waals surface area contributed by atoms with Gasteiger partial charge in [0, 0.05) is 30.7 Å². The second-order valence-electron chi connectivity index (χ2n) is 6.01. The van der Waals surface area contributed by atoms with Crippen molar-refractivity contribution < 1.29 is 4.39 Å². The smallest absolute Gasteiger partial charge is 0.173 e. The molecule has 0 aliphatic rings. The van der Waals surface area contributed by atoms with E-state index in [0.29, 0.717) is 5.65 Å². The zero-order chi connectivity index (χ0) is 16.0. The van der Waals surface area contributed by atoms with E-state index in [9.17, 15) is 4.39 Å². The number of aryl methyl sites for hydroxylation is 1. The molecular formula is C18H17FN4. The number of hydrogen-bond acceptors (Lipinski definition) is 2. The van der Waals surface area contributed by atoms with Crippen LogP contribution in [0.5, 0.6) is 0 Å². The maximum atomic E-state index is 13.7. The minimum Gasteiger partial charge on any atom is -0.307 e. The summed E-state index contributed by atoms with van der Waals surface area (Å²) in [5.41, 5.74) is 4.41. The van der Waals surface area contributed by atoms with Crippen LogP contribution in [-0.2, 0) is 6.42 Å². The van der Waals surface area contributed by atoms with Gasteiger partial charge in [0.15, 0.2) is 11.5 Å². The molecule has 23 heavy (non-hydrogen) atoms. The molecule has 0 fully saturated rings. The number of hydrogen-bond donors (Lipinski definition) is 0. The maximum Gasteiger partial charge on any atom is 0.173 e. The predicted molar refractivity (Wildman–Crippen MR) is 87.2 cm³/mol. The highest BCUT2D eigenvalue weighted by molar-refractivity contribution is 5.48. The van der Waals surface area contributed by atoms with E-state index < -0.39 is 0 Å². The number of aromatic nitrogens is 4. The quantitative estimate of drug-likeness (QED) is 0.577. The van der Waals surface area contributed by atoms with Crippen molar-refractivity contribution in [3.8, 4) is 0 Å². The van der Waals surface area contributed by atoms with E-state index in [1.807, 2.05) is 29.1 Å². The molecule has 0 bridgehead atoms. The molecule has 0 N–H and O–H groups in total. The molecule has 116 valence electrons. The lowest BCUT2D eigenvalue weighted by Crippen LogP contribution is -1.99. The fraction of sp³-hybridized carbons (Fsp3) is 0.222. The zero-order valence-corrected chi connectivity index (χ0v) is 13.1. The highest BCUT2D eigenvalue weighted by Crippen LogP contribution is 2.22. The third kappa shape index (κ3) is 2.38. The van der Waals surface area contributed by atoms with Gasteiger partial charge in [0.05, 0.1) is 11.4 Å². The molecule has 0 radical (unpaired) electrons. The van der Waals surface area contributed by atoms with Crippen LogP contribution in [0.2, 0.25) is 0 Å². The molecule has 0 aromatic carbocycles. The standard InChI is InChI=1S/C18H17FN4/c1-12-5-3-7-23-11-16(21-17(12)23)13(2)9-14-10-22-8-4-6-15(19)18(22)20-14/h3-8,10-11,13H,9H2,1-2H3. The first kappa shape index (κ1) is 13.9. The van der Waals surface area contributed by atoms with Gasteiger partial charge in [-0.25, -0.2) is 14.4 Å². The molecular weight excluding hydrogens is 291 g/mol. The van der Waals surface area contributed by atoms with E-state index in [1.54, 1.807) is 10.5 Å². The summed E-state index contributed by atoms with van der Waals surface area (Å²) in [6.07, 6.45) is 8.49. The fourth-order valence-electron chi connectivity index (χ4n) is 2.96. The highest BCUT2D eigenvalue weighted by atomic mass is 19.1. The molecule has 0 saturated heterocycles. The molecule has 0 amide bonds. The number of nitrogens with zero attached hydrogens (tertiary/aromatic N) is 4. The zero-order valence-electron chi connectivity index (χ0n) is 13.1. The van der Waals surface area contributed by atoms with Crippen LogP contribution in [0, 0.1) is 12.7 Å². The van der Waals surface area contributed by atoms with E-state index in [2.05, 4.69) is 31.1 Å². The van der Waals surface area contributed by atoms with Crippen molar-refractivity contribution in [1.82, 2.24) is 18.8 Å². The Morgan fingerprint density at radius 3 is 2.52 bits per heavy atom. The molecule has 0 aliphatic carbocycles. The van der Waals surface area contributed by atoms with E-state index in [1.165, 1.54) is 6.07 Å². The van der Waals surface area contributed by atoms with Crippen molar-refractivity contribution in [1.29, 1.82) is 0 Å².